The summed E-state index contributed by atoms with van der Waals surface area (Å²) < 4.78 is 0. The van der Waals surface area contributed by atoms with Gasteiger partial charge in [0, 0.05) is 12.8 Å². The molecule has 1 aliphatic rings. The molecule has 0 atom stereocenters. The molecule has 106 valence electrons. The van der Waals surface area contributed by atoms with Gasteiger partial charge in [0.15, 0.2) is 5.17 Å². The monoisotopic (exact) mass is 298 g/mol. The molecular formula is C16H14N2O2S. The third kappa shape index (κ3) is 2.97. The minimum Gasteiger partial charge on any atom is -0.346 e. The van der Waals surface area contributed by atoms with Gasteiger partial charge >= 0.3 is 5.91 Å². The van der Waals surface area contributed by atoms with Crippen LogP contribution >= 0.6 is 11.8 Å². The fourth-order valence-electron chi connectivity index (χ4n) is 2.20. The van der Waals surface area contributed by atoms with Gasteiger partial charge in [-0.25, -0.2) is 0 Å². The summed E-state index contributed by atoms with van der Waals surface area (Å²) in [6.45, 7) is 0.113. The number of carbonyl (C=O) groups is 2. The van der Waals surface area contributed by atoms with E-state index < -0.39 is 11.7 Å². The van der Waals surface area contributed by atoms with Crippen molar-refractivity contribution in [3.63, 3.8) is 0 Å². The summed E-state index contributed by atoms with van der Waals surface area (Å²) in [4.78, 5) is 28.2. The van der Waals surface area contributed by atoms with Crippen LogP contribution < -0.4 is 0 Å². The summed E-state index contributed by atoms with van der Waals surface area (Å²) in [6, 6.07) is 14.5. The number of amidine groups is 1. The molecule has 1 aliphatic heterocycles. The van der Waals surface area contributed by atoms with E-state index in [1.807, 2.05) is 12.1 Å². The van der Waals surface area contributed by atoms with E-state index in [9.17, 15) is 9.59 Å². The molecule has 2 aromatic carbocycles. The van der Waals surface area contributed by atoms with Crippen LogP contribution in [0.1, 0.15) is 5.56 Å². The van der Waals surface area contributed by atoms with Crippen molar-refractivity contribution < 1.29 is 9.59 Å². The van der Waals surface area contributed by atoms with Gasteiger partial charge in [0.05, 0.1) is 6.54 Å². The molecule has 21 heavy (non-hydrogen) atoms. The van der Waals surface area contributed by atoms with Crippen LogP contribution in [0.5, 0.6) is 0 Å². The molecule has 0 spiro atoms. The first kappa shape index (κ1) is 13.8. The van der Waals surface area contributed by atoms with Crippen LogP contribution in [0.2, 0.25) is 0 Å². The first-order valence-electron chi connectivity index (χ1n) is 6.61. The average Bonchev–Trinajstić information content (AvgIpc) is 2.49. The highest BCUT2D eigenvalue weighted by atomic mass is 32.2. The van der Waals surface area contributed by atoms with E-state index >= 15 is 0 Å². The highest BCUT2D eigenvalue weighted by Gasteiger charge is 2.24. The maximum absolute atomic E-state index is 11.4. The summed E-state index contributed by atoms with van der Waals surface area (Å²) in [5.74, 6) is -0.378. The Balaban J connectivity index is 1.75. The van der Waals surface area contributed by atoms with Gasteiger partial charge < -0.3 is 4.90 Å². The zero-order chi connectivity index (χ0) is 14.8. The zero-order valence-corrected chi connectivity index (χ0v) is 12.4. The summed E-state index contributed by atoms with van der Waals surface area (Å²) in [5, 5.41) is 3.01. The van der Waals surface area contributed by atoms with E-state index in [-0.39, 0.29) is 6.54 Å². The predicted octanol–water partition coefficient (Wildman–Crippen LogP) is 2.47. The molecule has 1 amide bonds. The lowest BCUT2D eigenvalue weighted by Gasteiger charge is -2.22. The van der Waals surface area contributed by atoms with E-state index in [4.69, 9.17) is 0 Å². The molecule has 2 aromatic rings. The smallest absolute Gasteiger partial charge is 0.317 e. The second-order valence-corrected chi connectivity index (χ2v) is 5.89. The maximum Gasteiger partial charge on any atom is 0.317 e. The summed E-state index contributed by atoms with van der Waals surface area (Å²) in [6.07, 6.45) is 0. The zero-order valence-electron chi connectivity index (χ0n) is 11.6. The number of aliphatic imine (C=N–C) groups is 1. The first-order valence-corrected chi connectivity index (χ1v) is 7.59. The molecule has 1 heterocycles. The minimum atomic E-state index is -0.644. The number of fused-ring (bicyclic) bond motifs is 1. The van der Waals surface area contributed by atoms with Gasteiger partial charge in [0.1, 0.15) is 0 Å². The molecule has 0 aliphatic carbocycles. The second kappa shape index (κ2) is 5.69. The summed E-state index contributed by atoms with van der Waals surface area (Å²) >= 11 is 1.48. The Kier molecular flexibility index (Phi) is 3.75. The van der Waals surface area contributed by atoms with Crippen LogP contribution in [0.3, 0.4) is 0 Å². The molecule has 0 radical (unpaired) electrons. The van der Waals surface area contributed by atoms with Gasteiger partial charge in [0.2, 0.25) is 5.78 Å². The Labute approximate surface area is 126 Å². The van der Waals surface area contributed by atoms with Crippen molar-refractivity contribution >= 4 is 39.4 Å². The summed E-state index contributed by atoms with van der Waals surface area (Å²) in [7, 11) is 1.77. The van der Waals surface area contributed by atoms with Crippen molar-refractivity contribution in [1.29, 1.82) is 0 Å². The molecule has 3 rings (SSSR count). The van der Waals surface area contributed by atoms with Crippen molar-refractivity contribution in [3.8, 4) is 0 Å². The number of hydrogen-bond donors (Lipinski definition) is 0. The van der Waals surface area contributed by atoms with E-state index in [1.165, 1.54) is 28.1 Å². The lowest BCUT2D eigenvalue weighted by Crippen LogP contribution is -2.38. The quantitative estimate of drug-likeness (QED) is 0.799. The lowest BCUT2D eigenvalue weighted by molar-refractivity contribution is -0.136. The number of benzene rings is 2. The van der Waals surface area contributed by atoms with Crippen molar-refractivity contribution in [2.24, 2.45) is 4.99 Å². The van der Waals surface area contributed by atoms with Crippen LogP contribution in [0.4, 0.5) is 0 Å². The fraction of sp³-hybridized carbons (Fsp3) is 0.188. The number of Topliss-reactive ketones (excluding diaryl/α,β-unsaturated/α-hetero) is 1. The van der Waals surface area contributed by atoms with E-state index in [0.717, 1.165) is 5.75 Å². The number of rotatable bonds is 2. The van der Waals surface area contributed by atoms with E-state index in [0.29, 0.717) is 5.17 Å². The third-order valence-corrected chi connectivity index (χ3v) is 4.46. The number of likely N-dealkylation sites (N-methyl/N-ethyl adjacent to an activating group) is 1. The van der Waals surface area contributed by atoms with Crippen molar-refractivity contribution in [3.05, 3.63) is 48.0 Å². The average molecular weight is 298 g/mol. The van der Waals surface area contributed by atoms with Crippen LogP contribution in [0.25, 0.3) is 10.8 Å². The van der Waals surface area contributed by atoms with Crippen LogP contribution in [-0.4, -0.2) is 35.4 Å². The third-order valence-electron chi connectivity index (χ3n) is 3.32. The molecule has 0 fully saturated rings. The number of nitrogens with zero attached hydrogens (tertiary/aromatic N) is 2. The number of ketones is 1. The largest absolute Gasteiger partial charge is 0.346 e. The molecule has 0 unspecified atom stereocenters. The van der Waals surface area contributed by atoms with Crippen molar-refractivity contribution in [1.82, 2.24) is 4.90 Å². The number of thioether (sulfide) groups is 1. The first-order chi connectivity index (χ1) is 10.1. The molecule has 5 heteroatoms. The molecule has 0 saturated carbocycles. The molecule has 0 saturated heterocycles. The molecular weight excluding hydrogens is 284 g/mol. The SMILES string of the molecule is CN1CC(=O)C(=O)N=C1SCc1ccc2ccccc2c1. The summed E-state index contributed by atoms with van der Waals surface area (Å²) in [5.41, 5.74) is 1.17. The van der Waals surface area contributed by atoms with Gasteiger partial charge in [-0.3, -0.25) is 9.59 Å². The van der Waals surface area contributed by atoms with Crippen LogP contribution in [0.15, 0.2) is 47.5 Å². The van der Waals surface area contributed by atoms with Gasteiger partial charge in [-0.15, -0.1) is 0 Å². The Morgan fingerprint density at radius 1 is 1.14 bits per heavy atom. The Morgan fingerprint density at radius 3 is 2.71 bits per heavy atom. The lowest BCUT2D eigenvalue weighted by atomic mass is 10.1. The molecule has 4 nitrogen and oxygen atoms in total. The maximum atomic E-state index is 11.4. The van der Waals surface area contributed by atoms with E-state index in [2.05, 4.69) is 35.3 Å². The Morgan fingerprint density at radius 2 is 1.90 bits per heavy atom. The topological polar surface area (TPSA) is 49.7 Å². The fourth-order valence-corrected chi connectivity index (χ4v) is 3.11. The van der Waals surface area contributed by atoms with Gasteiger partial charge in [-0.2, -0.15) is 4.99 Å². The normalized spacial score (nSPS) is 15.5. The highest BCUT2D eigenvalue weighted by molar-refractivity contribution is 8.13. The van der Waals surface area contributed by atoms with Gasteiger partial charge in [-0.1, -0.05) is 54.2 Å². The standard InChI is InChI=1S/C16H14N2O2S/c1-18-9-14(19)15(20)17-16(18)21-10-11-6-7-12-4-2-3-5-13(12)8-11/h2-8H,9-10H2,1H3. The van der Waals surface area contributed by atoms with Crippen LogP contribution in [0, 0.1) is 0 Å². The van der Waals surface area contributed by atoms with E-state index in [1.54, 1.807) is 11.9 Å². The Bertz CT molecular complexity index is 755. The molecule has 0 aromatic heterocycles. The predicted molar refractivity (Wildman–Crippen MR) is 85.3 cm³/mol. The van der Waals surface area contributed by atoms with Gasteiger partial charge in [-0.05, 0) is 16.3 Å². The second-order valence-electron chi connectivity index (χ2n) is 4.95. The van der Waals surface area contributed by atoms with Crippen molar-refractivity contribution in [2.75, 3.05) is 13.6 Å². The Hall–Kier alpha value is -2.14. The molecule has 0 N–H and O–H groups in total. The van der Waals surface area contributed by atoms with Gasteiger partial charge in [0.25, 0.3) is 0 Å². The van der Waals surface area contributed by atoms with Crippen molar-refractivity contribution in [2.45, 2.75) is 5.75 Å². The molecule has 0 bridgehead atoms. The minimum absolute atomic E-state index is 0.113. The van der Waals surface area contributed by atoms with Crippen LogP contribution in [-0.2, 0) is 15.3 Å². The highest BCUT2D eigenvalue weighted by Crippen LogP contribution is 2.21. The number of hydrogen-bond acceptors (Lipinski definition) is 4. The number of amides is 1. The number of carbonyl (C=O) groups excluding carboxylic acids is 2.